The number of hydrogen-bond donors (Lipinski definition) is 4. The van der Waals surface area contributed by atoms with Crippen molar-refractivity contribution in [3.05, 3.63) is 71.8 Å². The van der Waals surface area contributed by atoms with Crippen molar-refractivity contribution in [2.45, 2.75) is 24.4 Å². The van der Waals surface area contributed by atoms with Crippen molar-refractivity contribution in [1.82, 2.24) is 15.3 Å². The Morgan fingerprint density at radius 2 is 1.71 bits per heavy atom. The third-order valence-corrected chi connectivity index (χ3v) is 7.04. The molecule has 1 unspecified atom stereocenters. The van der Waals surface area contributed by atoms with Gasteiger partial charge >= 0.3 is 0 Å². The molecule has 3 heterocycles. The normalized spacial score (nSPS) is 23.7. The van der Waals surface area contributed by atoms with Gasteiger partial charge in [0.1, 0.15) is 23.5 Å². The summed E-state index contributed by atoms with van der Waals surface area (Å²) in [6.45, 7) is 1.99. The van der Waals surface area contributed by atoms with E-state index in [1.165, 1.54) is 6.07 Å². The maximum absolute atomic E-state index is 15.5. The Morgan fingerprint density at radius 1 is 1.00 bits per heavy atom. The first kappa shape index (κ1) is 24.9. The minimum absolute atomic E-state index is 0.0306. The van der Waals surface area contributed by atoms with Crippen molar-refractivity contribution in [2.24, 2.45) is 0 Å². The molecule has 0 radical (unpaired) electrons. The third-order valence-electron chi connectivity index (χ3n) is 7.04. The van der Waals surface area contributed by atoms with Crippen LogP contribution in [0.25, 0.3) is 33.3 Å². The zero-order valence-corrected chi connectivity index (χ0v) is 20.4. The quantitative estimate of drug-likeness (QED) is 0.307. The number of hydrogen-bond acceptors (Lipinski definition) is 7. The van der Waals surface area contributed by atoms with E-state index in [4.69, 9.17) is 14.2 Å². The summed E-state index contributed by atoms with van der Waals surface area (Å²) in [7, 11) is 0. The monoisotopic (exact) mass is 523 g/mol. The molecule has 3 aromatic carbocycles. The molecule has 10 heteroatoms. The van der Waals surface area contributed by atoms with Crippen LogP contribution in [0.3, 0.4) is 0 Å². The molecule has 1 aromatic heterocycles. The number of aromatic nitrogens is 2. The lowest BCUT2D eigenvalue weighted by molar-refractivity contribution is -0.00390. The van der Waals surface area contributed by atoms with Crippen molar-refractivity contribution in [3.63, 3.8) is 0 Å². The highest BCUT2D eigenvalue weighted by atomic mass is 19.1. The summed E-state index contributed by atoms with van der Waals surface area (Å²) in [6.07, 6.45) is -2.61. The first-order valence-electron chi connectivity index (χ1n) is 12.5. The SMILES string of the molecule is OC[C@H]1OC[C@@H](Oc2nc3c(F)c(-c4ccc(-c5ccc(C6CNCCO6)cc5)cc4)c(F)cc3[nH]2)[C@@H]1O. The van der Waals surface area contributed by atoms with Gasteiger partial charge in [0.25, 0.3) is 6.01 Å². The Kier molecular flexibility index (Phi) is 6.81. The Balaban J connectivity index is 1.23. The number of H-pyrrole nitrogens is 1. The van der Waals surface area contributed by atoms with Crippen LogP contribution >= 0.6 is 0 Å². The van der Waals surface area contributed by atoms with Crippen LogP contribution in [0, 0.1) is 11.6 Å². The highest BCUT2D eigenvalue weighted by Crippen LogP contribution is 2.34. The van der Waals surface area contributed by atoms with Gasteiger partial charge in [0, 0.05) is 19.2 Å². The second kappa shape index (κ2) is 10.4. The van der Waals surface area contributed by atoms with Gasteiger partial charge in [-0.1, -0.05) is 48.5 Å². The van der Waals surface area contributed by atoms with E-state index in [0.717, 1.165) is 29.8 Å². The van der Waals surface area contributed by atoms with Crippen LogP contribution < -0.4 is 10.1 Å². The summed E-state index contributed by atoms with van der Waals surface area (Å²) >= 11 is 0. The maximum Gasteiger partial charge on any atom is 0.295 e. The number of nitrogens with zero attached hydrogens (tertiary/aromatic N) is 1. The van der Waals surface area contributed by atoms with E-state index in [2.05, 4.69) is 15.3 Å². The van der Waals surface area contributed by atoms with Crippen molar-refractivity contribution < 1.29 is 33.2 Å². The predicted octanol–water partition coefficient (Wildman–Crippen LogP) is 3.34. The van der Waals surface area contributed by atoms with Crippen LogP contribution in [-0.2, 0) is 9.47 Å². The highest BCUT2D eigenvalue weighted by Gasteiger charge is 2.37. The highest BCUT2D eigenvalue weighted by molar-refractivity contribution is 5.84. The predicted molar refractivity (Wildman–Crippen MR) is 136 cm³/mol. The smallest absolute Gasteiger partial charge is 0.295 e. The van der Waals surface area contributed by atoms with Gasteiger partial charge in [0.05, 0.1) is 37.0 Å². The minimum atomic E-state index is -1.07. The number of aromatic amines is 1. The first-order chi connectivity index (χ1) is 18.5. The molecule has 4 N–H and O–H groups in total. The van der Waals surface area contributed by atoms with Crippen molar-refractivity contribution in [1.29, 1.82) is 0 Å². The molecule has 198 valence electrons. The van der Waals surface area contributed by atoms with E-state index < -0.39 is 29.9 Å². The minimum Gasteiger partial charge on any atom is -0.456 e. The van der Waals surface area contributed by atoms with Crippen LogP contribution in [0.1, 0.15) is 11.7 Å². The third kappa shape index (κ3) is 4.65. The van der Waals surface area contributed by atoms with Crippen molar-refractivity contribution in [2.75, 3.05) is 32.9 Å². The number of morpholine rings is 1. The van der Waals surface area contributed by atoms with Gasteiger partial charge in [-0.15, -0.1) is 0 Å². The number of fused-ring (bicyclic) bond motifs is 1. The molecule has 0 amide bonds. The fourth-order valence-electron chi connectivity index (χ4n) is 4.94. The van der Waals surface area contributed by atoms with E-state index in [-0.39, 0.29) is 41.9 Å². The van der Waals surface area contributed by atoms with Crippen LogP contribution in [-0.4, -0.2) is 71.4 Å². The molecule has 38 heavy (non-hydrogen) atoms. The van der Waals surface area contributed by atoms with Crippen LogP contribution in [0.2, 0.25) is 0 Å². The van der Waals surface area contributed by atoms with Gasteiger partial charge in [-0.25, -0.2) is 8.78 Å². The molecule has 2 aliphatic heterocycles. The van der Waals surface area contributed by atoms with Gasteiger partial charge in [0.2, 0.25) is 0 Å². The molecule has 2 saturated heterocycles. The summed E-state index contributed by atoms with van der Waals surface area (Å²) in [5.41, 5.74) is 3.22. The molecule has 0 aliphatic carbocycles. The van der Waals surface area contributed by atoms with Crippen LogP contribution in [0.15, 0.2) is 54.6 Å². The van der Waals surface area contributed by atoms with E-state index in [1.807, 2.05) is 36.4 Å². The number of aliphatic hydroxyl groups is 2. The maximum atomic E-state index is 15.5. The molecular formula is C28H27F2N3O5. The summed E-state index contributed by atoms with van der Waals surface area (Å²) in [6, 6.07) is 16.2. The molecule has 2 fully saturated rings. The van der Waals surface area contributed by atoms with Gasteiger partial charge in [0.15, 0.2) is 11.9 Å². The van der Waals surface area contributed by atoms with Crippen LogP contribution in [0.5, 0.6) is 6.01 Å². The summed E-state index contributed by atoms with van der Waals surface area (Å²) in [5, 5.41) is 22.7. The molecule has 0 bridgehead atoms. The Morgan fingerprint density at radius 3 is 2.37 bits per heavy atom. The van der Waals surface area contributed by atoms with Gasteiger partial charge < -0.3 is 34.7 Å². The zero-order valence-electron chi connectivity index (χ0n) is 20.4. The molecule has 2 aliphatic rings. The lowest BCUT2D eigenvalue weighted by Crippen LogP contribution is -2.36. The van der Waals surface area contributed by atoms with Gasteiger partial charge in [-0.2, -0.15) is 4.98 Å². The zero-order chi connectivity index (χ0) is 26.2. The first-order valence-corrected chi connectivity index (χ1v) is 12.5. The number of rotatable bonds is 6. The average Bonchev–Trinajstić information content (AvgIpc) is 3.52. The van der Waals surface area contributed by atoms with Gasteiger partial charge in [-0.3, -0.25) is 0 Å². The fourth-order valence-corrected chi connectivity index (χ4v) is 4.94. The lowest BCUT2D eigenvalue weighted by Gasteiger charge is -2.24. The van der Waals surface area contributed by atoms with Gasteiger partial charge in [-0.05, 0) is 22.3 Å². The number of nitrogens with one attached hydrogen (secondary N) is 2. The summed E-state index contributed by atoms with van der Waals surface area (Å²) < 4.78 is 47.2. The Labute approximate surface area is 217 Å². The summed E-state index contributed by atoms with van der Waals surface area (Å²) in [5.74, 6) is -1.56. The average molecular weight is 524 g/mol. The second-order valence-corrected chi connectivity index (χ2v) is 9.45. The van der Waals surface area contributed by atoms with E-state index in [0.29, 0.717) is 12.2 Å². The number of benzene rings is 3. The summed E-state index contributed by atoms with van der Waals surface area (Å²) in [4.78, 5) is 6.88. The fraction of sp³-hybridized carbons (Fsp3) is 0.321. The molecule has 6 rings (SSSR count). The van der Waals surface area contributed by atoms with Crippen molar-refractivity contribution >= 4 is 11.0 Å². The largest absolute Gasteiger partial charge is 0.456 e. The standard InChI is InChI=1S/C28H27F2N3O5/c29-19-11-20-26(33-28(32-20)38-23-14-37-22(13-34)27(23)35)25(30)24(19)18-7-3-16(4-8-18)15-1-5-17(6-2-15)21-12-31-9-10-36-21/h1-8,11,21-23,27,31,34-35H,9-10,12-14H2,(H,32,33)/t21?,22-,23-,27-/m1/s1. The van der Waals surface area contributed by atoms with Crippen LogP contribution in [0.4, 0.5) is 8.78 Å². The molecular weight excluding hydrogens is 496 g/mol. The number of aliphatic hydroxyl groups excluding tert-OH is 2. The molecule has 0 saturated carbocycles. The van der Waals surface area contributed by atoms with E-state index >= 15 is 8.78 Å². The second-order valence-electron chi connectivity index (χ2n) is 9.45. The number of halogens is 2. The Hall–Kier alpha value is -3.41. The lowest BCUT2D eigenvalue weighted by atomic mass is 9.98. The van der Waals surface area contributed by atoms with E-state index in [1.54, 1.807) is 12.1 Å². The topological polar surface area (TPSA) is 109 Å². The van der Waals surface area contributed by atoms with Crippen molar-refractivity contribution in [3.8, 4) is 28.3 Å². The number of ether oxygens (including phenoxy) is 3. The van der Waals surface area contributed by atoms with E-state index in [9.17, 15) is 10.2 Å². The molecule has 4 aromatic rings. The number of imidazole rings is 1. The Bertz CT molecular complexity index is 1420. The molecule has 0 spiro atoms. The molecule has 4 atom stereocenters. The molecule has 8 nitrogen and oxygen atoms in total.